The minimum absolute atomic E-state index is 0. The number of carbonyl (C=O) groups is 2. The topological polar surface area (TPSA) is 118 Å². The van der Waals surface area contributed by atoms with Crippen molar-refractivity contribution < 1.29 is 22.6 Å². The van der Waals surface area contributed by atoms with E-state index in [1.54, 1.807) is 42.5 Å². The van der Waals surface area contributed by atoms with Gasteiger partial charge >= 0.3 is 0 Å². The van der Waals surface area contributed by atoms with Crippen LogP contribution in [0.3, 0.4) is 0 Å². The first-order valence-corrected chi connectivity index (χ1v) is 9.44. The van der Waals surface area contributed by atoms with Gasteiger partial charge in [-0.05, 0) is 41.3 Å². The second-order valence-corrected chi connectivity index (χ2v) is 7.71. The molecule has 7 nitrogen and oxygen atoms in total. The van der Waals surface area contributed by atoms with Gasteiger partial charge in [-0.3, -0.25) is 19.0 Å². The molecule has 0 saturated carbocycles. The summed E-state index contributed by atoms with van der Waals surface area (Å²) in [5.41, 5.74) is 7.28. The summed E-state index contributed by atoms with van der Waals surface area (Å²) >= 11 is 0. The summed E-state index contributed by atoms with van der Waals surface area (Å²) in [6.45, 7) is 0.0177. The first kappa shape index (κ1) is 20.5. The molecule has 137 valence electrons. The number of nitrogens with zero attached hydrogens (tertiary/aromatic N) is 1. The molecule has 0 atom stereocenters. The molecule has 28 heavy (non-hydrogen) atoms. The number of nitrogen functional groups attached to an aromatic ring is 1. The van der Waals surface area contributed by atoms with Crippen LogP contribution in [-0.2, 0) is 16.7 Å². The van der Waals surface area contributed by atoms with Crippen LogP contribution in [0.15, 0.2) is 59.5 Å². The van der Waals surface area contributed by atoms with Gasteiger partial charge in [0.1, 0.15) is 0 Å². The van der Waals surface area contributed by atoms with E-state index in [0.717, 1.165) is 11.0 Å². The van der Waals surface area contributed by atoms with Gasteiger partial charge < -0.3 is 5.73 Å². The van der Waals surface area contributed by atoms with E-state index in [1.807, 2.05) is 0 Å². The van der Waals surface area contributed by atoms with Crippen LogP contribution in [0.5, 0.6) is 0 Å². The zero-order chi connectivity index (χ0) is 19.3. The summed E-state index contributed by atoms with van der Waals surface area (Å²) in [6.07, 6.45) is 0. The van der Waals surface area contributed by atoms with Crippen molar-refractivity contribution in [2.45, 2.75) is 11.4 Å². The van der Waals surface area contributed by atoms with Crippen molar-refractivity contribution in [1.82, 2.24) is 4.90 Å². The summed E-state index contributed by atoms with van der Waals surface area (Å²) in [4.78, 5) is 26.5. The molecule has 1 radical (unpaired) electrons. The molecule has 1 heterocycles. The molecule has 1 aliphatic rings. The normalized spacial score (nSPS) is 13.5. The number of carbonyl (C=O) groups excluding carboxylic acids is 2. The molecular formula is C19H14N2NaO5S. The van der Waals surface area contributed by atoms with E-state index in [1.165, 1.54) is 6.07 Å². The fourth-order valence-corrected chi connectivity index (χ4v) is 3.77. The average Bonchev–Trinajstić information content (AvgIpc) is 2.63. The predicted molar refractivity (Wildman–Crippen MR) is 105 cm³/mol. The number of imide groups is 1. The van der Waals surface area contributed by atoms with Crippen molar-refractivity contribution >= 4 is 67.9 Å². The molecule has 0 fully saturated rings. The first-order chi connectivity index (χ1) is 12.8. The molecule has 0 aliphatic carbocycles. The van der Waals surface area contributed by atoms with Crippen molar-refractivity contribution in [2.75, 3.05) is 5.73 Å². The maximum absolute atomic E-state index is 13.0. The van der Waals surface area contributed by atoms with Gasteiger partial charge in [0.05, 0.1) is 17.0 Å². The monoisotopic (exact) mass is 405 g/mol. The standard InChI is InChI=1S/C19H14N2O5S.Na/c20-13-6-4-11(5-7-13)10-21-18(22)15-3-1-2-12-8-14(27(24,25)26)9-16(17(12)15)19(21)23;/h1-9H,10,20H2,(H,24,25,26);. The minimum Gasteiger partial charge on any atom is -0.399 e. The number of benzene rings is 3. The summed E-state index contributed by atoms with van der Waals surface area (Å²) in [5.74, 6) is -1.08. The van der Waals surface area contributed by atoms with Crippen LogP contribution < -0.4 is 5.73 Å². The fourth-order valence-electron chi connectivity index (χ4n) is 3.23. The molecule has 0 aromatic heterocycles. The number of amides is 2. The molecule has 3 N–H and O–H groups in total. The summed E-state index contributed by atoms with van der Waals surface area (Å²) < 4.78 is 32.5. The Morgan fingerprint density at radius 3 is 2.21 bits per heavy atom. The number of anilines is 1. The van der Waals surface area contributed by atoms with Crippen molar-refractivity contribution in [3.63, 3.8) is 0 Å². The zero-order valence-corrected chi connectivity index (χ0v) is 17.7. The summed E-state index contributed by atoms with van der Waals surface area (Å²) in [6, 6.07) is 13.9. The Labute approximate surface area is 183 Å². The number of hydrogen-bond donors (Lipinski definition) is 2. The number of hydrogen-bond acceptors (Lipinski definition) is 5. The number of rotatable bonds is 3. The third-order valence-corrected chi connectivity index (χ3v) is 5.35. The molecule has 3 aromatic rings. The van der Waals surface area contributed by atoms with Crippen LogP contribution in [0, 0.1) is 0 Å². The molecule has 0 spiro atoms. The van der Waals surface area contributed by atoms with Gasteiger partial charge in [0.15, 0.2) is 0 Å². The van der Waals surface area contributed by atoms with Gasteiger partial charge in [0.2, 0.25) is 0 Å². The van der Waals surface area contributed by atoms with E-state index < -0.39 is 26.8 Å². The van der Waals surface area contributed by atoms with E-state index in [9.17, 15) is 22.6 Å². The second kappa shape index (κ2) is 7.31. The van der Waals surface area contributed by atoms with Crippen molar-refractivity contribution in [3.05, 3.63) is 71.3 Å². The molecule has 0 unspecified atom stereocenters. The first-order valence-electron chi connectivity index (χ1n) is 8.00. The Kier molecular flexibility index (Phi) is 5.35. The largest absolute Gasteiger partial charge is 0.399 e. The maximum Gasteiger partial charge on any atom is 0.294 e. The van der Waals surface area contributed by atoms with E-state index in [4.69, 9.17) is 5.73 Å². The Hall–Kier alpha value is -2.23. The Bertz CT molecular complexity index is 1220. The molecule has 0 bridgehead atoms. The average molecular weight is 405 g/mol. The third kappa shape index (κ3) is 3.45. The van der Waals surface area contributed by atoms with Gasteiger partial charge in [-0.1, -0.05) is 24.3 Å². The molecule has 2 amide bonds. The van der Waals surface area contributed by atoms with Gasteiger partial charge in [-0.25, -0.2) is 0 Å². The number of nitrogens with two attached hydrogens (primary N) is 1. The Morgan fingerprint density at radius 1 is 0.929 bits per heavy atom. The van der Waals surface area contributed by atoms with Crippen LogP contribution in [0.1, 0.15) is 26.3 Å². The molecule has 1 aliphatic heterocycles. The molecule has 4 rings (SSSR count). The molecule has 0 saturated heterocycles. The zero-order valence-electron chi connectivity index (χ0n) is 14.9. The van der Waals surface area contributed by atoms with Gasteiger partial charge in [-0.15, -0.1) is 0 Å². The second-order valence-electron chi connectivity index (χ2n) is 6.29. The Morgan fingerprint density at radius 2 is 1.57 bits per heavy atom. The van der Waals surface area contributed by atoms with E-state index in [0.29, 0.717) is 27.6 Å². The molecular weight excluding hydrogens is 391 g/mol. The molecule has 3 aromatic carbocycles. The predicted octanol–water partition coefficient (Wildman–Crippen LogP) is 2.08. The summed E-state index contributed by atoms with van der Waals surface area (Å²) in [5, 5.41) is 0.778. The van der Waals surface area contributed by atoms with Crippen LogP contribution in [-0.4, -0.2) is 59.2 Å². The minimum atomic E-state index is -4.50. The smallest absolute Gasteiger partial charge is 0.294 e. The third-order valence-electron chi connectivity index (χ3n) is 4.52. The van der Waals surface area contributed by atoms with Crippen molar-refractivity contribution in [2.24, 2.45) is 0 Å². The van der Waals surface area contributed by atoms with Crippen LogP contribution in [0.25, 0.3) is 10.8 Å². The molecule has 9 heteroatoms. The SMILES string of the molecule is Nc1ccc(CN2C(=O)c3cccc4cc(S(=O)(=O)O)cc(c34)C2=O)cc1.[Na]. The van der Waals surface area contributed by atoms with Gasteiger partial charge in [0, 0.05) is 46.2 Å². The maximum atomic E-state index is 13.0. The van der Waals surface area contributed by atoms with Gasteiger partial charge in [-0.2, -0.15) is 8.42 Å². The fraction of sp³-hybridized carbons (Fsp3) is 0.0526. The van der Waals surface area contributed by atoms with Crippen LogP contribution in [0.4, 0.5) is 5.69 Å². The summed E-state index contributed by atoms with van der Waals surface area (Å²) in [7, 11) is -4.50. The Balaban J connectivity index is 0.00000225. The quantitative estimate of drug-likeness (QED) is 0.298. The van der Waals surface area contributed by atoms with Gasteiger partial charge in [0.25, 0.3) is 21.9 Å². The van der Waals surface area contributed by atoms with Crippen LogP contribution in [0.2, 0.25) is 0 Å². The van der Waals surface area contributed by atoms with E-state index >= 15 is 0 Å². The van der Waals surface area contributed by atoms with E-state index in [-0.39, 0.29) is 41.7 Å². The van der Waals surface area contributed by atoms with E-state index in [2.05, 4.69) is 0 Å². The van der Waals surface area contributed by atoms with Crippen LogP contribution >= 0.6 is 0 Å². The van der Waals surface area contributed by atoms with Crippen molar-refractivity contribution in [3.8, 4) is 0 Å². The van der Waals surface area contributed by atoms with Crippen molar-refractivity contribution in [1.29, 1.82) is 0 Å².